The topological polar surface area (TPSA) is 39.9 Å². The van der Waals surface area contributed by atoms with E-state index in [1.54, 1.807) is 4.68 Å². The van der Waals surface area contributed by atoms with Gasteiger partial charge in [0.1, 0.15) is 18.1 Å². The molecule has 3 rings (SSSR count). The lowest BCUT2D eigenvalue weighted by Gasteiger charge is -2.19. The van der Waals surface area contributed by atoms with Gasteiger partial charge in [0.15, 0.2) is 0 Å². The normalized spacial score (nSPS) is 11.4. The summed E-state index contributed by atoms with van der Waals surface area (Å²) in [6, 6.07) is 18.1. The Hall–Kier alpha value is -2.62. The molecule has 1 heterocycles. The van der Waals surface area contributed by atoms with E-state index < -0.39 is 0 Å². The molecule has 0 amide bonds. The highest BCUT2D eigenvalue weighted by Crippen LogP contribution is 2.24. The fourth-order valence-corrected chi connectivity index (χ4v) is 2.28. The third-order valence-electron chi connectivity index (χ3n) is 3.67. The predicted molar refractivity (Wildman–Crippen MR) is 90.8 cm³/mol. The SMILES string of the molecule is CC(C)(C)c1ccc(OCc2cn(-c3ccccc3)nn2)cc1. The molecular formula is C19H21N3O. The molecule has 4 nitrogen and oxygen atoms in total. The summed E-state index contributed by atoms with van der Waals surface area (Å²) in [5.41, 5.74) is 3.23. The van der Waals surface area contributed by atoms with Crippen LogP contribution in [0, 0.1) is 0 Å². The number of benzene rings is 2. The van der Waals surface area contributed by atoms with Gasteiger partial charge in [0.2, 0.25) is 0 Å². The average molecular weight is 307 g/mol. The molecule has 0 radical (unpaired) electrons. The van der Waals surface area contributed by atoms with Crippen molar-refractivity contribution in [2.24, 2.45) is 0 Å². The number of rotatable bonds is 4. The van der Waals surface area contributed by atoms with Gasteiger partial charge in [-0.05, 0) is 35.2 Å². The van der Waals surface area contributed by atoms with E-state index >= 15 is 0 Å². The highest BCUT2D eigenvalue weighted by atomic mass is 16.5. The lowest BCUT2D eigenvalue weighted by atomic mass is 9.87. The molecule has 0 saturated heterocycles. The van der Waals surface area contributed by atoms with Crippen LogP contribution in [0.3, 0.4) is 0 Å². The second kappa shape index (κ2) is 6.24. The van der Waals surface area contributed by atoms with Gasteiger partial charge in [-0.2, -0.15) is 0 Å². The third-order valence-corrected chi connectivity index (χ3v) is 3.67. The van der Waals surface area contributed by atoms with Crippen LogP contribution in [-0.2, 0) is 12.0 Å². The van der Waals surface area contributed by atoms with Crippen LogP contribution in [0.1, 0.15) is 32.0 Å². The van der Waals surface area contributed by atoms with Crippen molar-refractivity contribution < 1.29 is 4.74 Å². The predicted octanol–water partition coefficient (Wildman–Crippen LogP) is 4.14. The van der Waals surface area contributed by atoms with E-state index in [4.69, 9.17) is 4.74 Å². The molecule has 0 saturated carbocycles. The first-order valence-corrected chi connectivity index (χ1v) is 7.72. The minimum atomic E-state index is 0.150. The van der Waals surface area contributed by atoms with Gasteiger partial charge in [-0.25, -0.2) is 4.68 Å². The molecule has 0 fully saturated rings. The van der Waals surface area contributed by atoms with Crippen LogP contribution in [0.4, 0.5) is 0 Å². The zero-order valence-corrected chi connectivity index (χ0v) is 13.7. The largest absolute Gasteiger partial charge is 0.487 e. The van der Waals surface area contributed by atoms with Crippen LogP contribution in [-0.4, -0.2) is 15.0 Å². The first-order valence-electron chi connectivity index (χ1n) is 7.72. The van der Waals surface area contributed by atoms with E-state index in [-0.39, 0.29) is 5.41 Å². The van der Waals surface area contributed by atoms with Crippen LogP contribution in [0.15, 0.2) is 60.8 Å². The lowest BCUT2D eigenvalue weighted by molar-refractivity contribution is 0.301. The minimum Gasteiger partial charge on any atom is -0.487 e. The molecule has 4 heteroatoms. The molecule has 23 heavy (non-hydrogen) atoms. The van der Waals surface area contributed by atoms with Crippen molar-refractivity contribution in [2.75, 3.05) is 0 Å². The molecule has 0 N–H and O–H groups in total. The molecule has 118 valence electrons. The first-order chi connectivity index (χ1) is 11.0. The number of hydrogen-bond acceptors (Lipinski definition) is 3. The molecule has 0 spiro atoms. The van der Waals surface area contributed by atoms with Gasteiger partial charge in [-0.15, -0.1) is 5.10 Å². The number of aromatic nitrogens is 3. The minimum absolute atomic E-state index is 0.150. The van der Waals surface area contributed by atoms with Gasteiger partial charge < -0.3 is 4.74 Å². The van der Waals surface area contributed by atoms with Crippen LogP contribution in [0.2, 0.25) is 0 Å². The zero-order valence-electron chi connectivity index (χ0n) is 13.7. The van der Waals surface area contributed by atoms with Gasteiger partial charge >= 0.3 is 0 Å². The molecule has 0 atom stereocenters. The van der Waals surface area contributed by atoms with Crippen molar-refractivity contribution in [3.63, 3.8) is 0 Å². The van der Waals surface area contributed by atoms with Crippen molar-refractivity contribution in [1.29, 1.82) is 0 Å². The molecule has 0 bridgehead atoms. The maximum Gasteiger partial charge on any atom is 0.134 e. The molecular weight excluding hydrogens is 286 g/mol. The number of hydrogen-bond donors (Lipinski definition) is 0. The zero-order chi connectivity index (χ0) is 16.3. The van der Waals surface area contributed by atoms with Crippen LogP contribution in [0.5, 0.6) is 5.75 Å². The van der Waals surface area contributed by atoms with Gasteiger partial charge in [-0.3, -0.25) is 0 Å². The van der Waals surface area contributed by atoms with E-state index in [0.29, 0.717) is 6.61 Å². The molecule has 0 unspecified atom stereocenters. The fourth-order valence-electron chi connectivity index (χ4n) is 2.28. The highest BCUT2D eigenvalue weighted by molar-refractivity contribution is 5.32. The fraction of sp³-hybridized carbons (Fsp3) is 0.263. The molecule has 1 aromatic heterocycles. The third kappa shape index (κ3) is 3.77. The van der Waals surface area contributed by atoms with Gasteiger partial charge in [0.25, 0.3) is 0 Å². The quantitative estimate of drug-likeness (QED) is 0.727. The van der Waals surface area contributed by atoms with E-state index in [0.717, 1.165) is 17.1 Å². The Bertz CT molecular complexity index is 755. The van der Waals surface area contributed by atoms with Gasteiger partial charge in [-0.1, -0.05) is 56.3 Å². The summed E-state index contributed by atoms with van der Waals surface area (Å²) in [5, 5.41) is 8.28. The maximum atomic E-state index is 5.79. The Kier molecular flexibility index (Phi) is 4.15. The Balaban J connectivity index is 1.64. The molecule has 0 aliphatic rings. The molecule has 3 aromatic rings. The van der Waals surface area contributed by atoms with Crippen molar-refractivity contribution in [3.8, 4) is 11.4 Å². The van der Waals surface area contributed by atoms with Crippen molar-refractivity contribution in [1.82, 2.24) is 15.0 Å². The number of para-hydroxylation sites is 1. The maximum absolute atomic E-state index is 5.79. The highest BCUT2D eigenvalue weighted by Gasteiger charge is 2.13. The van der Waals surface area contributed by atoms with E-state index in [2.05, 4.69) is 43.2 Å². The summed E-state index contributed by atoms with van der Waals surface area (Å²) >= 11 is 0. The van der Waals surface area contributed by atoms with Crippen LogP contribution in [0.25, 0.3) is 5.69 Å². The van der Waals surface area contributed by atoms with Crippen molar-refractivity contribution in [2.45, 2.75) is 32.8 Å². The Labute approximate surface area is 136 Å². The second-order valence-electron chi connectivity index (χ2n) is 6.55. The number of ether oxygens (including phenoxy) is 1. The number of nitrogens with zero attached hydrogens (tertiary/aromatic N) is 3. The van der Waals surface area contributed by atoms with Gasteiger partial charge in [0.05, 0.1) is 11.9 Å². The summed E-state index contributed by atoms with van der Waals surface area (Å²) in [6.45, 7) is 7.00. The molecule has 0 aliphatic heterocycles. The van der Waals surface area contributed by atoms with E-state index in [1.807, 2.05) is 48.7 Å². The van der Waals surface area contributed by atoms with Crippen molar-refractivity contribution in [3.05, 3.63) is 72.1 Å². The first kappa shape index (κ1) is 15.3. The van der Waals surface area contributed by atoms with Crippen LogP contribution < -0.4 is 4.74 Å². The summed E-state index contributed by atoms with van der Waals surface area (Å²) in [6.07, 6.45) is 1.89. The second-order valence-corrected chi connectivity index (χ2v) is 6.55. The summed E-state index contributed by atoms with van der Waals surface area (Å²) in [4.78, 5) is 0. The molecule has 0 aliphatic carbocycles. The Morgan fingerprint density at radius 3 is 2.30 bits per heavy atom. The van der Waals surface area contributed by atoms with E-state index in [9.17, 15) is 0 Å². The average Bonchev–Trinajstić information content (AvgIpc) is 3.02. The van der Waals surface area contributed by atoms with Gasteiger partial charge in [0, 0.05) is 0 Å². The van der Waals surface area contributed by atoms with Crippen molar-refractivity contribution >= 4 is 0 Å². The lowest BCUT2D eigenvalue weighted by Crippen LogP contribution is -2.10. The smallest absolute Gasteiger partial charge is 0.134 e. The standard InChI is InChI=1S/C19H21N3O/c1-19(2,3)15-9-11-18(12-10-15)23-14-16-13-22(21-20-16)17-7-5-4-6-8-17/h4-13H,14H2,1-3H3. The summed E-state index contributed by atoms with van der Waals surface area (Å²) in [5.74, 6) is 0.840. The van der Waals surface area contributed by atoms with Crippen LogP contribution >= 0.6 is 0 Å². The Morgan fingerprint density at radius 2 is 1.65 bits per heavy atom. The van der Waals surface area contributed by atoms with E-state index in [1.165, 1.54) is 5.56 Å². The monoisotopic (exact) mass is 307 g/mol. The summed E-state index contributed by atoms with van der Waals surface area (Å²) in [7, 11) is 0. The molecule has 2 aromatic carbocycles. The Morgan fingerprint density at radius 1 is 0.957 bits per heavy atom. The summed E-state index contributed by atoms with van der Waals surface area (Å²) < 4.78 is 7.54.